The van der Waals surface area contributed by atoms with Gasteiger partial charge in [0.2, 0.25) is 5.91 Å². The molecule has 1 unspecified atom stereocenters. The largest absolute Gasteiger partial charge is 0.465 e. The maximum atomic E-state index is 12.8. The van der Waals surface area contributed by atoms with Gasteiger partial charge in [0, 0.05) is 37.2 Å². The highest BCUT2D eigenvalue weighted by atomic mass is 16.4. The van der Waals surface area contributed by atoms with Crippen LogP contribution in [0.2, 0.25) is 0 Å². The number of nitrogens with one attached hydrogen (secondary N) is 2. The molecular formula is C26H30N4O4. The standard InChI is InChI=1S/C26H30N4O4/c1-15-14-29(26(33)34)24-11-19(7-10-23(24)30(15)16(2)31)17-3-5-18(6-4-17)25(32)28-22-12-20-8-9-21(13-22)27-20/h3-7,10-11,15,20-22,27H,8-9,12-14H2,1-2H3,(H,28,32)(H,33,34)/t15-,20-,21+,22?/m0/s1. The Morgan fingerprint density at radius 2 is 1.62 bits per heavy atom. The van der Waals surface area contributed by atoms with Gasteiger partial charge in [-0.1, -0.05) is 18.2 Å². The second kappa shape index (κ2) is 8.76. The molecule has 3 heterocycles. The second-order valence-electron chi connectivity index (χ2n) is 9.69. The molecule has 2 aromatic rings. The van der Waals surface area contributed by atoms with Gasteiger partial charge in [0.25, 0.3) is 5.91 Å². The van der Waals surface area contributed by atoms with Crippen molar-refractivity contribution in [2.24, 2.45) is 0 Å². The lowest BCUT2D eigenvalue weighted by Gasteiger charge is -2.39. The minimum atomic E-state index is -1.05. The lowest BCUT2D eigenvalue weighted by atomic mass is 9.98. The summed E-state index contributed by atoms with van der Waals surface area (Å²) in [6.07, 6.45) is 3.28. The Morgan fingerprint density at radius 3 is 2.24 bits per heavy atom. The van der Waals surface area contributed by atoms with E-state index in [4.69, 9.17) is 0 Å². The molecule has 3 N–H and O–H groups in total. The zero-order valence-electron chi connectivity index (χ0n) is 19.5. The topological polar surface area (TPSA) is 102 Å². The molecule has 2 aromatic carbocycles. The Kier molecular flexibility index (Phi) is 5.77. The van der Waals surface area contributed by atoms with E-state index >= 15 is 0 Å². The molecule has 8 heteroatoms. The summed E-state index contributed by atoms with van der Waals surface area (Å²) >= 11 is 0. The molecule has 0 spiro atoms. The van der Waals surface area contributed by atoms with Crippen molar-refractivity contribution in [2.75, 3.05) is 16.3 Å². The molecule has 3 aliphatic heterocycles. The van der Waals surface area contributed by atoms with Crippen LogP contribution in [0.1, 0.15) is 49.9 Å². The lowest BCUT2D eigenvalue weighted by Crippen LogP contribution is -2.51. The second-order valence-corrected chi connectivity index (χ2v) is 9.69. The molecule has 8 nitrogen and oxygen atoms in total. The van der Waals surface area contributed by atoms with Gasteiger partial charge in [-0.3, -0.25) is 14.5 Å². The van der Waals surface area contributed by atoms with Gasteiger partial charge in [0.15, 0.2) is 0 Å². The number of amides is 3. The van der Waals surface area contributed by atoms with E-state index in [1.54, 1.807) is 29.2 Å². The van der Waals surface area contributed by atoms with E-state index in [2.05, 4.69) is 10.6 Å². The number of nitrogens with zero attached hydrogens (tertiary/aromatic N) is 2. The Balaban J connectivity index is 1.36. The van der Waals surface area contributed by atoms with Crippen molar-refractivity contribution in [3.05, 3.63) is 48.0 Å². The summed E-state index contributed by atoms with van der Waals surface area (Å²) in [5.74, 6) is -0.185. The first-order valence-electron chi connectivity index (χ1n) is 11.9. The van der Waals surface area contributed by atoms with Crippen LogP contribution in [0, 0.1) is 0 Å². The molecule has 34 heavy (non-hydrogen) atoms. The first kappa shape index (κ1) is 22.4. The predicted octanol–water partition coefficient (Wildman–Crippen LogP) is 3.61. The Hall–Kier alpha value is -3.39. The summed E-state index contributed by atoms with van der Waals surface area (Å²) in [5.41, 5.74) is 3.38. The summed E-state index contributed by atoms with van der Waals surface area (Å²) in [6, 6.07) is 13.8. The summed E-state index contributed by atoms with van der Waals surface area (Å²) in [7, 11) is 0. The minimum absolute atomic E-state index is 0.0635. The Labute approximate surface area is 198 Å². The van der Waals surface area contributed by atoms with Gasteiger partial charge in [-0.05, 0) is 68.0 Å². The highest BCUT2D eigenvalue weighted by Gasteiger charge is 2.35. The van der Waals surface area contributed by atoms with Crippen molar-refractivity contribution in [3.63, 3.8) is 0 Å². The van der Waals surface area contributed by atoms with Crippen molar-refractivity contribution in [1.82, 2.24) is 10.6 Å². The van der Waals surface area contributed by atoms with Crippen molar-refractivity contribution in [3.8, 4) is 11.1 Å². The van der Waals surface area contributed by atoms with E-state index in [1.807, 2.05) is 25.1 Å². The summed E-state index contributed by atoms with van der Waals surface area (Å²) in [5, 5.41) is 16.5. The summed E-state index contributed by atoms with van der Waals surface area (Å²) < 4.78 is 0. The number of anilines is 2. The van der Waals surface area contributed by atoms with Crippen molar-refractivity contribution in [1.29, 1.82) is 0 Å². The van der Waals surface area contributed by atoms with Gasteiger partial charge in [-0.2, -0.15) is 0 Å². The molecule has 3 aliphatic rings. The van der Waals surface area contributed by atoms with Crippen LogP contribution in [-0.4, -0.2) is 53.7 Å². The quantitative estimate of drug-likeness (QED) is 0.647. The number of carbonyl (C=O) groups excluding carboxylic acids is 2. The Bertz CT molecular complexity index is 1120. The number of carbonyl (C=O) groups is 3. The average molecular weight is 463 g/mol. The van der Waals surface area contributed by atoms with Crippen LogP contribution in [0.25, 0.3) is 11.1 Å². The van der Waals surface area contributed by atoms with Gasteiger partial charge in [0.1, 0.15) is 0 Å². The van der Waals surface area contributed by atoms with Crippen LogP contribution in [0.5, 0.6) is 0 Å². The van der Waals surface area contributed by atoms with Gasteiger partial charge in [0.05, 0.1) is 17.4 Å². The zero-order valence-corrected chi connectivity index (χ0v) is 19.5. The monoisotopic (exact) mass is 462 g/mol. The molecule has 0 aliphatic carbocycles. The van der Waals surface area contributed by atoms with Crippen LogP contribution in [0.4, 0.5) is 16.2 Å². The van der Waals surface area contributed by atoms with Gasteiger partial charge < -0.3 is 20.6 Å². The fourth-order valence-corrected chi connectivity index (χ4v) is 5.72. The molecule has 4 atom stereocenters. The van der Waals surface area contributed by atoms with Gasteiger partial charge >= 0.3 is 6.09 Å². The number of carboxylic acid groups (broad SMARTS) is 1. The number of fused-ring (bicyclic) bond motifs is 3. The van der Waals surface area contributed by atoms with E-state index in [0.717, 1.165) is 24.0 Å². The maximum absolute atomic E-state index is 12.8. The number of benzene rings is 2. The third kappa shape index (κ3) is 4.14. The van der Waals surface area contributed by atoms with Crippen LogP contribution in [0.15, 0.2) is 42.5 Å². The molecule has 2 bridgehead atoms. The van der Waals surface area contributed by atoms with Crippen LogP contribution in [0.3, 0.4) is 0 Å². The molecule has 0 aromatic heterocycles. The molecule has 3 amide bonds. The first-order valence-corrected chi connectivity index (χ1v) is 11.9. The first-order chi connectivity index (χ1) is 16.3. The van der Waals surface area contributed by atoms with Crippen LogP contribution < -0.4 is 20.4 Å². The minimum Gasteiger partial charge on any atom is -0.465 e. The fraction of sp³-hybridized carbons (Fsp3) is 0.423. The number of piperidine rings is 1. The number of hydrogen-bond acceptors (Lipinski definition) is 4. The zero-order chi connectivity index (χ0) is 24.0. The SMILES string of the molecule is CC(=O)N1c2ccc(-c3ccc(C(=O)NC4C[C@H]5CC[C@@H](C4)N5)cc3)cc2N(C(=O)O)C[C@@H]1C. The van der Waals surface area contributed by atoms with E-state index < -0.39 is 6.09 Å². The van der Waals surface area contributed by atoms with E-state index in [1.165, 1.54) is 24.7 Å². The number of hydrogen-bond donors (Lipinski definition) is 3. The van der Waals surface area contributed by atoms with Crippen LogP contribution in [-0.2, 0) is 4.79 Å². The third-order valence-corrected chi connectivity index (χ3v) is 7.27. The summed E-state index contributed by atoms with van der Waals surface area (Å²) in [4.78, 5) is 39.8. The van der Waals surface area contributed by atoms with Crippen molar-refractivity contribution < 1.29 is 19.5 Å². The third-order valence-electron chi connectivity index (χ3n) is 7.27. The predicted molar refractivity (Wildman–Crippen MR) is 130 cm³/mol. The van der Waals surface area contributed by atoms with E-state index in [9.17, 15) is 19.5 Å². The van der Waals surface area contributed by atoms with Crippen molar-refractivity contribution in [2.45, 2.75) is 63.7 Å². The smallest absolute Gasteiger partial charge is 0.411 e. The van der Waals surface area contributed by atoms with Gasteiger partial charge in [-0.15, -0.1) is 0 Å². The molecular weight excluding hydrogens is 432 g/mol. The fourth-order valence-electron chi connectivity index (χ4n) is 5.72. The normalized spacial score (nSPS) is 25.6. The molecule has 5 rings (SSSR count). The van der Waals surface area contributed by atoms with Gasteiger partial charge in [-0.25, -0.2) is 4.79 Å². The molecule has 0 saturated carbocycles. The van der Waals surface area contributed by atoms with Crippen LogP contribution >= 0.6 is 0 Å². The lowest BCUT2D eigenvalue weighted by molar-refractivity contribution is -0.117. The molecule has 2 saturated heterocycles. The molecule has 178 valence electrons. The average Bonchev–Trinajstić information content (AvgIpc) is 3.15. The van der Waals surface area contributed by atoms with E-state index in [-0.39, 0.29) is 30.4 Å². The summed E-state index contributed by atoms with van der Waals surface area (Å²) in [6.45, 7) is 3.54. The number of rotatable bonds is 3. The molecule has 2 fully saturated rings. The van der Waals surface area contributed by atoms with Crippen molar-refractivity contribution >= 4 is 29.3 Å². The highest BCUT2D eigenvalue weighted by molar-refractivity contribution is 6.03. The Morgan fingerprint density at radius 1 is 0.971 bits per heavy atom. The van der Waals surface area contributed by atoms with E-state index in [0.29, 0.717) is 29.0 Å². The maximum Gasteiger partial charge on any atom is 0.411 e. The molecule has 0 radical (unpaired) electrons. The highest BCUT2D eigenvalue weighted by Crippen LogP contribution is 2.39.